The van der Waals surface area contributed by atoms with Gasteiger partial charge in [0.25, 0.3) is 0 Å². The Morgan fingerprint density at radius 3 is 2.86 bits per heavy atom. The van der Waals surface area contributed by atoms with E-state index < -0.39 is 0 Å². The zero-order valence-electron chi connectivity index (χ0n) is 12.5. The molecular weight excluding hydrogens is 268 g/mol. The molecule has 6 heteroatoms. The van der Waals surface area contributed by atoms with E-state index in [1.807, 2.05) is 24.3 Å². The van der Waals surface area contributed by atoms with E-state index in [0.29, 0.717) is 18.0 Å². The van der Waals surface area contributed by atoms with Gasteiger partial charge in [-0.05, 0) is 25.1 Å². The number of anilines is 1. The standard InChI is InChI=1S/C15H24N4O2/c1-21-14-6-3-2-5-13(14)18-15(20)17-7-4-10-19-11-8-16-9-12-19/h2-3,5-6,16H,4,7-12H2,1H3,(H2,17,18,20). The Kier molecular flexibility index (Phi) is 6.30. The second-order valence-corrected chi connectivity index (χ2v) is 5.03. The molecule has 3 N–H and O–H groups in total. The summed E-state index contributed by atoms with van der Waals surface area (Å²) in [6.45, 7) is 5.99. The Balaban J connectivity index is 1.65. The monoisotopic (exact) mass is 292 g/mol. The molecule has 1 aromatic rings. The molecule has 21 heavy (non-hydrogen) atoms. The lowest BCUT2D eigenvalue weighted by Crippen LogP contribution is -2.44. The Morgan fingerprint density at radius 1 is 1.33 bits per heavy atom. The number of nitrogens with one attached hydrogen (secondary N) is 3. The Labute approximate surface area is 125 Å². The van der Waals surface area contributed by atoms with E-state index in [4.69, 9.17) is 4.74 Å². The van der Waals surface area contributed by atoms with Crippen molar-refractivity contribution in [3.8, 4) is 5.75 Å². The minimum Gasteiger partial charge on any atom is -0.495 e. The van der Waals surface area contributed by atoms with Gasteiger partial charge in [-0.2, -0.15) is 0 Å². The van der Waals surface area contributed by atoms with Crippen molar-refractivity contribution in [3.05, 3.63) is 24.3 Å². The van der Waals surface area contributed by atoms with Gasteiger partial charge in [0.15, 0.2) is 0 Å². The van der Waals surface area contributed by atoms with E-state index in [1.54, 1.807) is 7.11 Å². The summed E-state index contributed by atoms with van der Waals surface area (Å²) in [5.41, 5.74) is 0.680. The van der Waals surface area contributed by atoms with Crippen molar-refractivity contribution in [2.24, 2.45) is 0 Å². The van der Waals surface area contributed by atoms with Gasteiger partial charge in [0.1, 0.15) is 5.75 Å². The van der Waals surface area contributed by atoms with E-state index >= 15 is 0 Å². The minimum absolute atomic E-state index is 0.195. The average Bonchev–Trinajstić information content (AvgIpc) is 2.53. The minimum atomic E-state index is -0.195. The third-order valence-corrected chi connectivity index (χ3v) is 3.50. The number of carbonyl (C=O) groups excluding carboxylic acids is 1. The van der Waals surface area contributed by atoms with Crippen LogP contribution < -0.4 is 20.7 Å². The van der Waals surface area contributed by atoms with Gasteiger partial charge < -0.3 is 25.6 Å². The van der Waals surface area contributed by atoms with Crippen molar-refractivity contribution in [2.45, 2.75) is 6.42 Å². The van der Waals surface area contributed by atoms with Gasteiger partial charge in [-0.1, -0.05) is 12.1 Å². The van der Waals surface area contributed by atoms with Gasteiger partial charge in [-0.15, -0.1) is 0 Å². The quantitative estimate of drug-likeness (QED) is 0.687. The fourth-order valence-electron chi connectivity index (χ4n) is 2.35. The molecule has 116 valence electrons. The molecule has 1 heterocycles. The number of urea groups is 1. The van der Waals surface area contributed by atoms with Gasteiger partial charge in [0, 0.05) is 32.7 Å². The van der Waals surface area contributed by atoms with Crippen LogP contribution >= 0.6 is 0 Å². The Hall–Kier alpha value is -1.79. The Morgan fingerprint density at radius 2 is 2.10 bits per heavy atom. The van der Waals surface area contributed by atoms with Crippen molar-refractivity contribution >= 4 is 11.7 Å². The number of rotatable bonds is 6. The van der Waals surface area contributed by atoms with Crippen LogP contribution in [-0.2, 0) is 0 Å². The first kappa shape index (κ1) is 15.6. The van der Waals surface area contributed by atoms with E-state index in [0.717, 1.165) is 39.1 Å². The van der Waals surface area contributed by atoms with E-state index in [1.165, 1.54) is 0 Å². The van der Waals surface area contributed by atoms with Crippen LogP contribution in [0.4, 0.5) is 10.5 Å². The number of para-hydroxylation sites is 2. The molecule has 1 aromatic carbocycles. The fourth-order valence-corrected chi connectivity index (χ4v) is 2.35. The summed E-state index contributed by atoms with van der Waals surface area (Å²) in [7, 11) is 1.59. The van der Waals surface area contributed by atoms with Gasteiger partial charge >= 0.3 is 6.03 Å². The lowest BCUT2D eigenvalue weighted by Gasteiger charge is -2.27. The highest BCUT2D eigenvalue weighted by Crippen LogP contribution is 2.22. The molecule has 6 nitrogen and oxygen atoms in total. The number of ether oxygens (including phenoxy) is 1. The number of amides is 2. The molecule has 0 atom stereocenters. The topological polar surface area (TPSA) is 65.6 Å². The summed E-state index contributed by atoms with van der Waals surface area (Å²) in [5.74, 6) is 0.661. The molecule has 1 saturated heterocycles. The maximum absolute atomic E-state index is 11.8. The van der Waals surface area contributed by atoms with Gasteiger partial charge in [0.05, 0.1) is 12.8 Å². The van der Waals surface area contributed by atoms with Crippen molar-refractivity contribution in [1.29, 1.82) is 0 Å². The summed E-state index contributed by atoms with van der Waals surface area (Å²) >= 11 is 0. The molecule has 1 aliphatic rings. The van der Waals surface area contributed by atoms with Gasteiger partial charge in [0.2, 0.25) is 0 Å². The lowest BCUT2D eigenvalue weighted by molar-refractivity contribution is 0.234. The molecule has 0 bridgehead atoms. The average molecular weight is 292 g/mol. The fraction of sp³-hybridized carbons (Fsp3) is 0.533. The maximum atomic E-state index is 11.8. The summed E-state index contributed by atoms with van der Waals surface area (Å²) in [4.78, 5) is 14.2. The molecular formula is C15H24N4O2. The zero-order chi connectivity index (χ0) is 14.9. The van der Waals surface area contributed by atoms with Crippen molar-refractivity contribution in [1.82, 2.24) is 15.5 Å². The van der Waals surface area contributed by atoms with Crippen LogP contribution in [0.2, 0.25) is 0 Å². The molecule has 0 spiro atoms. The second-order valence-electron chi connectivity index (χ2n) is 5.03. The number of hydrogen-bond acceptors (Lipinski definition) is 4. The number of carbonyl (C=O) groups is 1. The first-order valence-corrected chi connectivity index (χ1v) is 7.40. The lowest BCUT2D eigenvalue weighted by atomic mass is 10.3. The predicted octanol–water partition coefficient (Wildman–Crippen LogP) is 1.11. The first-order chi connectivity index (χ1) is 10.3. The summed E-state index contributed by atoms with van der Waals surface area (Å²) in [5, 5.41) is 9.00. The highest BCUT2D eigenvalue weighted by molar-refractivity contribution is 5.90. The van der Waals surface area contributed by atoms with Crippen LogP contribution in [-0.4, -0.2) is 57.3 Å². The molecule has 0 saturated carbocycles. The largest absolute Gasteiger partial charge is 0.495 e. The molecule has 2 amide bonds. The molecule has 0 unspecified atom stereocenters. The van der Waals surface area contributed by atoms with E-state index in [-0.39, 0.29) is 6.03 Å². The predicted molar refractivity (Wildman–Crippen MR) is 83.9 cm³/mol. The van der Waals surface area contributed by atoms with Crippen LogP contribution in [0.15, 0.2) is 24.3 Å². The second kappa shape index (κ2) is 8.49. The number of methoxy groups -OCH3 is 1. The molecule has 0 aromatic heterocycles. The van der Waals surface area contributed by atoms with Crippen LogP contribution in [0.3, 0.4) is 0 Å². The highest BCUT2D eigenvalue weighted by atomic mass is 16.5. The molecule has 1 fully saturated rings. The number of hydrogen-bond donors (Lipinski definition) is 3. The SMILES string of the molecule is COc1ccccc1NC(=O)NCCCN1CCNCC1. The number of piperazine rings is 1. The van der Waals surface area contributed by atoms with Crippen molar-refractivity contribution < 1.29 is 9.53 Å². The summed E-state index contributed by atoms with van der Waals surface area (Å²) in [6.07, 6.45) is 0.958. The first-order valence-electron chi connectivity index (χ1n) is 7.40. The zero-order valence-corrected chi connectivity index (χ0v) is 12.5. The smallest absolute Gasteiger partial charge is 0.319 e. The third-order valence-electron chi connectivity index (χ3n) is 3.50. The Bertz CT molecular complexity index is 447. The number of benzene rings is 1. The van der Waals surface area contributed by atoms with E-state index in [9.17, 15) is 4.79 Å². The molecule has 0 aliphatic carbocycles. The molecule has 1 aliphatic heterocycles. The molecule has 0 radical (unpaired) electrons. The molecule has 2 rings (SSSR count). The van der Waals surface area contributed by atoms with E-state index in [2.05, 4.69) is 20.9 Å². The van der Waals surface area contributed by atoms with Crippen LogP contribution in [0.25, 0.3) is 0 Å². The maximum Gasteiger partial charge on any atom is 0.319 e. The summed E-state index contributed by atoms with van der Waals surface area (Å²) < 4.78 is 5.20. The third kappa shape index (κ3) is 5.24. The van der Waals surface area contributed by atoms with Crippen molar-refractivity contribution in [2.75, 3.05) is 51.7 Å². The van der Waals surface area contributed by atoms with Gasteiger partial charge in [-0.25, -0.2) is 4.79 Å². The van der Waals surface area contributed by atoms with Crippen LogP contribution in [0, 0.1) is 0 Å². The number of nitrogens with zero attached hydrogens (tertiary/aromatic N) is 1. The van der Waals surface area contributed by atoms with Gasteiger partial charge in [-0.3, -0.25) is 0 Å². The normalized spacial score (nSPS) is 15.5. The van der Waals surface area contributed by atoms with Crippen LogP contribution in [0.1, 0.15) is 6.42 Å². The van der Waals surface area contributed by atoms with Crippen LogP contribution in [0.5, 0.6) is 5.75 Å². The highest BCUT2D eigenvalue weighted by Gasteiger charge is 2.09. The van der Waals surface area contributed by atoms with Crippen molar-refractivity contribution in [3.63, 3.8) is 0 Å². The summed E-state index contributed by atoms with van der Waals surface area (Å²) in [6, 6.07) is 7.18.